The molecule has 0 aliphatic carbocycles. The number of nitrogens with one attached hydrogen (secondary N) is 1. The van der Waals surface area contributed by atoms with Crippen LogP contribution in [0.3, 0.4) is 0 Å². The fourth-order valence-electron chi connectivity index (χ4n) is 2.29. The summed E-state index contributed by atoms with van der Waals surface area (Å²) in [4.78, 5) is 0. The number of hydrogen-bond acceptors (Lipinski definition) is 4. The van der Waals surface area contributed by atoms with Crippen LogP contribution in [0.25, 0.3) is 0 Å². The molecular weight excluding hydrogens is 214 g/mol. The second-order valence-corrected chi connectivity index (χ2v) is 7.11. The molecule has 0 saturated carbocycles. The highest BCUT2D eigenvalue weighted by Gasteiger charge is 2.33. The maximum Gasteiger partial charge on any atom is 0.151 e. The van der Waals surface area contributed by atoms with Crippen molar-refractivity contribution in [2.45, 2.75) is 37.8 Å². The Morgan fingerprint density at radius 2 is 2.33 bits per heavy atom. The first-order valence-electron chi connectivity index (χ1n) is 5.57. The van der Waals surface area contributed by atoms with Crippen LogP contribution in [0, 0.1) is 0 Å². The largest absolute Gasteiger partial charge is 0.374 e. The van der Waals surface area contributed by atoms with Crippen molar-refractivity contribution in [3.05, 3.63) is 0 Å². The third-order valence-corrected chi connectivity index (χ3v) is 5.07. The minimum absolute atomic E-state index is 0.0770. The van der Waals surface area contributed by atoms with Crippen LogP contribution < -0.4 is 5.32 Å². The Morgan fingerprint density at radius 1 is 1.53 bits per heavy atom. The SMILES string of the molecule is CC1(CNC2CCS(=O)(=O)C2)CCCO1. The summed E-state index contributed by atoms with van der Waals surface area (Å²) in [6, 6.07) is 0.135. The lowest BCUT2D eigenvalue weighted by Gasteiger charge is -2.25. The van der Waals surface area contributed by atoms with E-state index >= 15 is 0 Å². The number of rotatable bonds is 3. The summed E-state index contributed by atoms with van der Waals surface area (Å²) in [5.41, 5.74) is -0.0770. The van der Waals surface area contributed by atoms with Gasteiger partial charge in [-0.25, -0.2) is 8.42 Å². The predicted octanol–water partition coefficient (Wildman–Crippen LogP) is 0.332. The summed E-state index contributed by atoms with van der Waals surface area (Å²) in [6.07, 6.45) is 2.93. The molecule has 0 radical (unpaired) electrons. The van der Waals surface area contributed by atoms with Gasteiger partial charge in [0.25, 0.3) is 0 Å². The van der Waals surface area contributed by atoms with Crippen LogP contribution in [0.2, 0.25) is 0 Å². The summed E-state index contributed by atoms with van der Waals surface area (Å²) in [5.74, 6) is 0.630. The highest BCUT2D eigenvalue weighted by atomic mass is 32.2. The van der Waals surface area contributed by atoms with Gasteiger partial charge in [0.2, 0.25) is 0 Å². The van der Waals surface area contributed by atoms with E-state index < -0.39 is 9.84 Å². The van der Waals surface area contributed by atoms with Crippen LogP contribution >= 0.6 is 0 Å². The van der Waals surface area contributed by atoms with E-state index in [0.29, 0.717) is 11.5 Å². The zero-order valence-electron chi connectivity index (χ0n) is 9.16. The fourth-order valence-corrected chi connectivity index (χ4v) is 4.00. The second kappa shape index (κ2) is 4.03. The summed E-state index contributed by atoms with van der Waals surface area (Å²) in [7, 11) is -2.76. The van der Waals surface area contributed by atoms with E-state index in [2.05, 4.69) is 12.2 Å². The molecule has 0 aromatic rings. The Labute approximate surface area is 91.3 Å². The molecule has 2 atom stereocenters. The third kappa shape index (κ3) is 2.92. The molecule has 0 spiro atoms. The molecule has 1 N–H and O–H groups in total. The molecule has 2 saturated heterocycles. The molecule has 88 valence electrons. The zero-order chi connectivity index (χ0) is 10.9. The standard InChI is InChI=1S/C10H19NO3S/c1-10(4-2-5-14-10)8-11-9-3-6-15(12,13)7-9/h9,11H,2-8H2,1H3. The van der Waals surface area contributed by atoms with Gasteiger partial charge >= 0.3 is 0 Å². The highest BCUT2D eigenvalue weighted by molar-refractivity contribution is 7.91. The Hall–Kier alpha value is -0.130. The zero-order valence-corrected chi connectivity index (χ0v) is 9.98. The average Bonchev–Trinajstić information content (AvgIpc) is 2.70. The van der Waals surface area contributed by atoms with Crippen LogP contribution in [0.5, 0.6) is 0 Å². The second-order valence-electron chi connectivity index (χ2n) is 4.88. The summed E-state index contributed by atoms with van der Waals surface area (Å²) in [6.45, 7) is 3.70. The Kier molecular flexibility index (Phi) is 3.05. The molecule has 2 unspecified atom stereocenters. The first kappa shape index (κ1) is 11.4. The van der Waals surface area contributed by atoms with Crippen molar-refractivity contribution in [3.63, 3.8) is 0 Å². The monoisotopic (exact) mass is 233 g/mol. The van der Waals surface area contributed by atoms with E-state index in [4.69, 9.17) is 4.74 Å². The Morgan fingerprint density at radius 3 is 2.87 bits per heavy atom. The number of ether oxygens (including phenoxy) is 1. The van der Waals surface area contributed by atoms with Gasteiger partial charge < -0.3 is 10.1 Å². The van der Waals surface area contributed by atoms with Crippen molar-refractivity contribution in [2.75, 3.05) is 24.7 Å². The van der Waals surface area contributed by atoms with Crippen LogP contribution in [-0.2, 0) is 14.6 Å². The number of sulfone groups is 1. The van der Waals surface area contributed by atoms with Crippen LogP contribution in [-0.4, -0.2) is 44.7 Å². The fraction of sp³-hybridized carbons (Fsp3) is 1.00. The van der Waals surface area contributed by atoms with Crippen molar-refractivity contribution >= 4 is 9.84 Å². The molecule has 0 aromatic carbocycles. The van der Waals surface area contributed by atoms with E-state index in [1.54, 1.807) is 0 Å². The summed E-state index contributed by atoms with van der Waals surface area (Å²) < 4.78 is 28.1. The third-order valence-electron chi connectivity index (χ3n) is 3.30. The molecule has 4 nitrogen and oxygen atoms in total. The quantitative estimate of drug-likeness (QED) is 0.763. The molecule has 0 bridgehead atoms. The lowest BCUT2D eigenvalue weighted by Crippen LogP contribution is -2.42. The van der Waals surface area contributed by atoms with Gasteiger partial charge in [-0.05, 0) is 26.2 Å². The molecular formula is C10H19NO3S. The van der Waals surface area contributed by atoms with E-state index in [0.717, 1.165) is 32.4 Å². The highest BCUT2D eigenvalue weighted by Crippen LogP contribution is 2.24. The van der Waals surface area contributed by atoms with Gasteiger partial charge in [0.05, 0.1) is 17.1 Å². The molecule has 2 aliphatic rings. The molecule has 15 heavy (non-hydrogen) atoms. The molecule has 2 heterocycles. The van der Waals surface area contributed by atoms with Crippen molar-refractivity contribution in [2.24, 2.45) is 0 Å². The van der Waals surface area contributed by atoms with Crippen molar-refractivity contribution in [1.82, 2.24) is 5.32 Å². The van der Waals surface area contributed by atoms with Crippen molar-refractivity contribution in [3.8, 4) is 0 Å². The van der Waals surface area contributed by atoms with Crippen LogP contribution in [0.4, 0.5) is 0 Å². The Bertz CT molecular complexity index is 320. The normalized spacial score (nSPS) is 39.7. The van der Waals surface area contributed by atoms with Crippen LogP contribution in [0.15, 0.2) is 0 Å². The molecule has 0 aromatic heterocycles. The van der Waals surface area contributed by atoms with Gasteiger partial charge in [-0.3, -0.25) is 0 Å². The van der Waals surface area contributed by atoms with E-state index in [-0.39, 0.29) is 11.6 Å². The van der Waals surface area contributed by atoms with Gasteiger partial charge in [0.1, 0.15) is 0 Å². The molecule has 2 fully saturated rings. The minimum atomic E-state index is -2.76. The maximum absolute atomic E-state index is 11.2. The maximum atomic E-state index is 11.2. The summed E-state index contributed by atoms with van der Waals surface area (Å²) in [5, 5.41) is 3.32. The van der Waals surface area contributed by atoms with Crippen LogP contribution in [0.1, 0.15) is 26.2 Å². The van der Waals surface area contributed by atoms with E-state index in [1.807, 2.05) is 0 Å². The summed E-state index contributed by atoms with van der Waals surface area (Å²) >= 11 is 0. The minimum Gasteiger partial charge on any atom is -0.374 e. The molecule has 2 aliphatic heterocycles. The number of hydrogen-bond donors (Lipinski definition) is 1. The topological polar surface area (TPSA) is 55.4 Å². The van der Waals surface area contributed by atoms with E-state index in [9.17, 15) is 8.42 Å². The van der Waals surface area contributed by atoms with Gasteiger partial charge in [-0.15, -0.1) is 0 Å². The first-order chi connectivity index (χ1) is 6.99. The first-order valence-corrected chi connectivity index (χ1v) is 7.39. The predicted molar refractivity (Wildman–Crippen MR) is 58.7 cm³/mol. The van der Waals surface area contributed by atoms with Gasteiger partial charge in [0, 0.05) is 19.2 Å². The van der Waals surface area contributed by atoms with Crippen molar-refractivity contribution in [1.29, 1.82) is 0 Å². The van der Waals surface area contributed by atoms with Gasteiger partial charge in [-0.2, -0.15) is 0 Å². The van der Waals surface area contributed by atoms with E-state index in [1.165, 1.54) is 0 Å². The Balaban J connectivity index is 1.79. The molecule has 2 rings (SSSR count). The smallest absolute Gasteiger partial charge is 0.151 e. The molecule has 0 amide bonds. The van der Waals surface area contributed by atoms with Gasteiger partial charge in [-0.1, -0.05) is 0 Å². The van der Waals surface area contributed by atoms with Gasteiger partial charge in [0.15, 0.2) is 9.84 Å². The molecule has 5 heteroatoms. The lowest BCUT2D eigenvalue weighted by molar-refractivity contribution is 0.0193. The lowest BCUT2D eigenvalue weighted by atomic mass is 10.0. The average molecular weight is 233 g/mol. The van der Waals surface area contributed by atoms with Crippen molar-refractivity contribution < 1.29 is 13.2 Å².